The topological polar surface area (TPSA) is 74.4 Å². The van der Waals surface area contributed by atoms with E-state index in [1.165, 1.54) is 10.5 Å². The van der Waals surface area contributed by atoms with Gasteiger partial charge in [-0.3, -0.25) is 9.59 Å². The molecule has 0 aliphatic carbocycles. The van der Waals surface area contributed by atoms with Gasteiger partial charge in [0.2, 0.25) is 5.91 Å². The van der Waals surface area contributed by atoms with Crippen molar-refractivity contribution in [2.75, 3.05) is 19.1 Å². The first-order valence-corrected chi connectivity index (χ1v) is 12.6. The van der Waals surface area contributed by atoms with Crippen LogP contribution in [0.1, 0.15) is 35.2 Å². The van der Waals surface area contributed by atoms with Crippen LogP contribution in [0.4, 0.5) is 5.69 Å². The highest BCUT2D eigenvalue weighted by atomic mass is 16.5. The average Bonchev–Trinajstić information content (AvgIpc) is 3.26. The SMILES string of the molecule is COc1ccc(N(C)C(=O)/C2=C/c3cccc(c3)CCCCc3[nH]c4ccccc4c3CC(=O)N2)cc1. The number of nitrogens with zero attached hydrogens (tertiary/aromatic N) is 1. The fourth-order valence-corrected chi connectivity index (χ4v) is 4.92. The zero-order valence-electron chi connectivity index (χ0n) is 21.2. The van der Waals surface area contributed by atoms with Crippen LogP contribution in [0.5, 0.6) is 5.75 Å². The summed E-state index contributed by atoms with van der Waals surface area (Å²) in [5.74, 6) is 0.193. The lowest BCUT2D eigenvalue weighted by atomic mass is 10.00. The van der Waals surface area contributed by atoms with Gasteiger partial charge >= 0.3 is 0 Å². The Morgan fingerprint density at radius 2 is 1.73 bits per heavy atom. The normalized spacial score (nSPS) is 15.6. The number of aromatic amines is 1. The highest BCUT2D eigenvalue weighted by molar-refractivity contribution is 6.10. The standard InChI is InChI=1S/C31H31N3O3/c1-34(23-14-16-24(37-2)17-15-23)31(36)29-19-22-10-7-9-21(18-22)8-3-5-13-28-26(20-30(35)33-29)25-11-4-6-12-27(25)32-28/h4,6-7,9-12,14-19,32H,3,5,8,13,20H2,1-2H3,(H,33,35)/b29-19-. The van der Waals surface area contributed by atoms with Crippen LogP contribution in [-0.2, 0) is 28.9 Å². The summed E-state index contributed by atoms with van der Waals surface area (Å²) in [6.45, 7) is 0. The molecule has 37 heavy (non-hydrogen) atoms. The van der Waals surface area contributed by atoms with Crippen LogP contribution in [0.3, 0.4) is 0 Å². The van der Waals surface area contributed by atoms with Gasteiger partial charge in [0.05, 0.1) is 13.5 Å². The first-order chi connectivity index (χ1) is 18.0. The summed E-state index contributed by atoms with van der Waals surface area (Å²) >= 11 is 0. The third-order valence-electron chi connectivity index (χ3n) is 6.91. The number of aryl methyl sites for hydroxylation is 2. The molecule has 1 aliphatic rings. The van der Waals surface area contributed by atoms with Crippen molar-refractivity contribution in [3.63, 3.8) is 0 Å². The number of aromatic nitrogens is 1. The molecule has 1 aromatic heterocycles. The quantitative estimate of drug-likeness (QED) is 0.400. The zero-order chi connectivity index (χ0) is 25.8. The van der Waals surface area contributed by atoms with Gasteiger partial charge in [0.15, 0.2) is 0 Å². The Hall–Kier alpha value is -4.32. The Kier molecular flexibility index (Phi) is 7.08. The number of hydrogen-bond donors (Lipinski definition) is 2. The fourth-order valence-electron chi connectivity index (χ4n) is 4.92. The number of ether oxygens (including phenoxy) is 1. The van der Waals surface area contributed by atoms with E-state index in [9.17, 15) is 9.59 Å². The summed E-state index contributed by atoms with van der Waals surface area (Å²) in [6.07, 6.45) is 5.86. The van der Waals surface area contributed by atoms with Crippen LogP contribution in [0.15, 0.2) is 78.5 Å². The molecule has 6 nitrogen and oxygen atoms in total. The van der Waals surface area contributed by atoms with Crippen molar-refractivity contribution in [2.45, 2.75) is 32.1 Å². The van der Waals surface area contributed by atoms with Crippen molar-refractivity contribution < 1.29 is 14.3 Å². The summed E-state index contributed by atoms with van der Waals surface area (Å²) in [6, 6.07) is 23.5. The maximum atomic E-state index is 13.6. The molecule has 5 rings (SSSR count). The van der Waals surface area contributed by atoms with Crippen molar-refractivity contribution >= 4 is 34.5 Å². The number of hydrogen-bond acceptors (Lipinski definition) is 3. The molecule has 0 unspecified atom stereocenters. The number of benzene rings is 3. The molecule has 6 heteroatoms. The second kappa shape index (κ2) is 10.7. The predicted molar refractivity (Wildman–Crippen MR) is 148 cm³/mol. The predicted octanol–water partition coefficient (Wildman–Crippen LogP) is 5.42. The number of likely N-dealkylation sites (N-methyl/N-ethyl adjacent to an activating group) is 1. The molecule has 0 atom stereocenters. The number of amides is 2. The minimum absolute atomic E-state index is 0.191. The number of methoxy groups -OCH3 is 1. The summed E-state index contributed by atoms with van der Waals surface area (Å²) in [5.41, 5.74) is 6.15. The minimum atomic E-state index is -0.296. The number of anilines is 1. The lowest BCUT2D eigenvalue weighted by Gasteiger charge is -2.20. The Morgan fingerprint density at radius 1 is 0.946 bits per heavy atom. The van der Waals surface area contributed by atoms with E-state index in [1.807, 2.05) is 60.7 Å². The van der Waals surface area contributed by atoms with Gasteiger partial charge in [0, 0.05) is 29.3 Å². The molecule has 2 bridgehead atoms. The molecule has 0 radical (unpaired) electrons. The molecular formula is C31H31N3O3. The fraction of sp³-hybridized carbons (Fsp3) is 0.226. The molecule has 2 N–H and O–H groups in total. The third-order valence-corrected chi connectivity index (χ3v) is 6.91. The van der Waals surface area contributed by atoms with Gasteiger partial charge in [-0.05, 0) is 78.8 Å². The van der Waals surface area contributed by atoms with E-state index in [0.29, 0.717) is 11.4 Å². The maximum absolute atomic E-state index is 13.6. The van der Waals surface area contributed by atoms with Crippen LogP contribution >= 0.6 is 0 Å². The van der Waals surface area contributed by atoms with Crippen molar-refractivity contribution in [2.24, 2.45) is 0 Å². The van der Waals surface area contributed by atoms with Crippen molar-refractivity contribution in [1.82, 2.24) is 10.3 Å². The average molecular weight is 494 g/mol. The Balaban J connectivity index is 1.51. The molecule has 0 spiro atoms. The van der Waals surface area contributed by atoms with E-state index in [0.717, 1.165) is 53.4 Å². The van der Waals surface area contributed by atoms with E-state index in [4.69, 9.17) is 4.74 Å². The minimum Gasteiger partial charge on any atom is -0.497 e. The number of rotatable bonds is 3. The second-order valence-corrected chi connectivity index (χ2v) is 9.42. The lowest BCUT2D eigenvalue weighted by molar-refractivity contribution is -0.122. The number of carbonyl (C=O) groups is 2. The summed E-state index contributed by atoms with van der Waals surface area (Å²) in [5, 5.41) is 3.99. The van der Waals surface area contributed by atoms with Gasteiger partial charge in [-0.15, -0.1) is 0 Å². The number of H-pyrrole nitrogens is 1. The number of para-hydroxylation sites is 1. The van der Waals surface area contributed by atoms with Gasteiger partial charge in [-0.2, -0.15) is 0 Å². The van der Waals surface area contributed by atoms with E-state index in [1.54, 1.807) is 20.2 Å². The molecule has 0 saturated carbocycles. The van der Waals surface area contributed by atoms with Crippen LogP contribution in [0.25, 0.3) is 17.0 Å². The highest BCUT2D eigenvalue weighted by Crippen LogP contribution is 2.26. The van der Waals surface area contributed by atoms with Crippen LogP contribution in [-0.4, -0.2) is 31.0 Å². The van der Waals surface area contributed by atoms with Crippen LogP contribution in [0, 0.1) is 0 Å². The molecule has 188 valence electrons. The number of fused-ring (bicyclic) bond motifs is 5. The van der Waals surface area contributed by atoms with Gasteiger partial charge in [0.25, 0.3) is 5.91 Å². The molecule has 2 amide bonds. The third kappa shape index (κ3) is 5.43. The molecule has 2 heterocycles. The summed E-state index contributed by atoms with van der Waals surface area (Å²) < 4.78 is 5.24. The van der Waals surface area contributed by atoms with E-state index >= 15 is 0 Å². The van der Waals surface area contributed by atoms with Crippen LogP contribution < -0.4 is 15.0 Å². The van der Waals surface area contributed by atoms with Gasteiger partial charge in [-0.25, -0.2) is 0 Å². The van der Waals surface area contributed by atoms with Crippen molar-refractivity contribution in [1.29, 1.82) is 0 Å². The summed E-state index contributed by atoms with van der Waals surface area (Å²) in [7, 11) is 3.31. The molecule has 0 saturated heterocycles. The Labute approximate surface area is 217 Å². The molecule has 3 aromatic carbocycles. The molecule has 0 fully saturated rings. The van der Waals surface area contributed by atoms with Crippen LogP contribution in [0.2, 0.25) is 0 Å². The van der Waals surface area contributed by atoms with Gasteiger partial charge < -0.3 is 19.9 Å². The monoisotopic (exact) mass is 493 g/mol. The van der Waals surface area contributed by atoms with Gasteiger partial charge in [0.1, 0.15) is 11.4 Å². The largest absolute Gasteiger partial charge is 0.497 e. The number of carbonyl (C=O) groups excluding carboxylic acids is 2. The zero-order valence-corrected chi connectivity index (χ0v) is 21.2. The van der Waals surface area contributed by atoms with E-state index in [2.05, 4.69) is 22.4 Å². The molecule has 4 aromatic rings. The lowest BCUT2D eigenvalue weighted by Crippen LogP contribution is -2.37. The Bertz CT molecular complexity index is 1470. The van der Waals surface area contributed by atoms with E-state index < -0.39 is 0 Å². The highest BCUT2D eigenvalue weighted by Gasteiger charge is 2.21. The first kappa shape index (κ1) is 24.4. The summed E-state index contributed by atoms with van der Waals surface area (Å²) in [4.78, 5) is 32.1. The Morgan fingerprint density at radius 3 is 2.54 bits per heavy atom. The molecular weight excluding hydrogens is 462 g/mol. The second-order valence-electron chi connectivity index (χ2n) is 9.42. The number of nitrogens with one attached hydrogen (secondary N) is 2. The van der Waals surface area contributed by atoms with E-state index in [-0.39, 0.29) is 23.9 Å². The van der Waals surface area contributed by atoms with Crippen molar-refractivity contribution in [3.05, 3.63) is 101 Å². The smallest absolute Gasteiger partial charge is 0.274 e. The first-order valence-electron chi connectivity index (χ1n) is 12.6. The van der Waals surface area contributed by atoms with Crippen molar-refractivity contribution in [3.8, 4) is 5.75 Å². The molecule has 1 aliphatic heterocycles. The maximum Gasteiger partial charge on any atom is 0.274 e. The van der Waals surface area contributed by atoms with Gasteiger partial charge in [-0.1, -0.05) is 42.5 Å².